The van der Waals surface area contributed by atoms with Crippen molar-refractivity contribution in [1.82, 2.24) is 0 Å². The van der Waals surface area contributed by atoms with Gasteiger partial charge in [0.05, 0.1) is 5.92 Å². The molecule has 3 unspecified atom stereocenters. The fraction of sp³-hybridized carbons (Fsp3) is 0.900. The van der Waals surface area contributed by atoms with Crippen molar-refractivity contribution >= 4 is 5.97 Å². The van der Waals surface area contributed by atoms with Crippen molar-refractivity contribution in [2.24, 2.45) is 23.2 Å². The molecule has 1 saturated carbocycles. The quantitative estimate of drug-likeness (QED) is 0.656. The van der Waals surface area contributed by atoms with Crippen molar-refractivity contribution in [1.29, 1.82) is 0 Å². The third kappa shape index (κ3) is 1.35. The number of rotatable bonds is 1. The lowest BCUT2D eigenvalue weighted by Gasteiger charge is -2.24. The number of hydrogen-bond donors (Lipinski definition) is 1. The minimum atomic E-state index is -0.625. The first-order valence-corrected chi connectivity index (χ1v) is 4.59. The molecule has 0 bridgehead atoms. The Morgan fingerprint density at radius 1 is 1.42 bits per heavy atom. The van der Waals surface area contributed by atoms with E-state index >= 15 is 0 Å². The molecule has 0 aromatic rings. The smallest absolute Gasteiger partial charge is 0.306 e. The van der Waals surface area contributed by atoms with E-state index in [0.717, 1.165) is 6.42 Å². The molecule has 12 heavy (non-hydrogen) atoms. The van der Waals surface area contributed by atoms with Crippen LogP contribution in [0.1, 0.15) is 34.1 Å². The number of aliphatic carboxylic acids is 1. The maximum Gasteiger partial charge on any atom is 0.306 e. The van der Waals surface area contributed by atoms with Gasteiger partial charge in [0.2, 0.25) is 0 Å². The van der Waals surface area contributed by atoms with Crippen molar-refractivity contribution in [3.63, 3.8) is 0 Å². The highest BCUT2D eigenvalue weighted by Gasteiger charge is 2.46. The zero-order chi connectivity index (χ0) is 9.52. The fourth-order valence-corrected chi connectivity index (χ4v) is 2.31. The lowest BCUT2D eigenvalue weighted by molar-refractivity contribution is -0.143. The SMILES string of the molecule is CC1C(C(=O)O)CC(C)(C)C1C. The molecule has 0 spiro atoms. The molecule has 0 amide bonds. The molecule has 2 nitrogen and oxygen atoms in total. The molecule has 0 saturated heterocycles. The summed E-state index contributed by atoms with van der Waals surface area (Å²) in [6.07, 6.45) is 0.824. The molecule has 0 aromatic carbocycles. The van der Waals surface area contributed by atoms with Gasteiger partial charge in [-0.3, -0.25) is 4.79 Å². The number of carboxylic acids is 1. The molecule has 1 aliphatic carbocycles. The predicted octanol–water partition coefficient (Wildman–Crippen LogP) is 2.39. The minimum Gasteiger partial charge on any atom is -0.481 e. The van der Waals surface area contributed by atoms with Crippen LogP contribution < -0.4 is 0 Å². The molecular weight excluding hydrogens is 152 g/mol. The molecule has 0 aliphatic heterocycles. The molecule has 1 fully saturated rings. The lowest BCUT2D eigenvalue weighted by Crippen LogP contribution is -2.19. The van der Waals surface area contributed by atoms with E-state index in [9.17, 15) is 4.79 Å². The van der Waals surface area contributed by atoms with E-state index in [1.807, 2.05) is 0 Å². The zero-order valence-electron chi connectivity index (χ0n) is 8.29. The predicted molar refractivity (Wildman–Crippen MR) is 47.9 cm³/mol. The Morgan fingerprint density at radius 3 is 2.08 bits per heavy atom. The van der Waals surface area contributed by atoms with Crippen molar-refractivity contribution in [2.45, 2.75) is 34.1 Å². The maximum atomic E-state index is 10.8. The van der Waals surface area contributed by atoms with Gasteiger partial charge in [0, 0.05) is 0 Å². The summed E-state index contributed by atoms with van der Waals surface area (Å²) < 4.78 is 0. The fourth-order valence-electron chi connectivity index (χ4n) is 2.31. The summed E-state index contributed by atoms with van der Waals surface area (Å²) in [6, 6.07) is 0. The van der Waals surface area contributed by atoms with Crippen molar-refractivity contribution in [3.05, 3.63) is 0 Å². The first-order valence-electron chi connectivity index (χ1n) is 4.59. The second kappa shape index (κ2) is 2.75. The van der Waals surface area contributed by atoms with Crippen molar-refractivity contribution < 1.29 is 9.90 Å². The molecule has 3 atom stereocenters. The number of carbonyl (C=O) groups is 1. The van der Waals surface area contributed by atoms with E-state index in [2.05, 4.69) is 27.7 Å². The summed E-state index contributed by atoms with van der Waals surface area (Å²) in [7, 11) is 0. The first-order chi connectivity index (χ1) is 5.36. The monoisotopic (exact) mass is 170 g/mol. The minimum absolute atomic E-state index is 0.130. The molecule has 2 heteroatoms. The topological polar surface area (TPSA) is 37.3 Å². The first kappa shape index (κ1) is 9.56. The maximum absolute atomic E-state index is 10.8. The highest BCUT2D eigenvalue weighted by Crippen LogP contribution is 2.49. The van der Waals surface area contributed by atoms with Gasteiger partial charge < -0.3 is 5.11 Å². The summed E-state index contributed by atoms with van der Waals surface area (Å²) in [4.78, 5) is 10.8. The summed E-state index contributed by atoms with van der Waals surface area (Å²) in [5.41, 5.74) is 0.197. The Morgan fingerprint density at radius 2 is 1.92 bits per heavy atom. The molecule has 1 aliphatic rings. The largest absolute Gasteiger partial charge is 0.481 e. The van der Waals surface area contributed by atoms with Crippen molar-refractivity contribution in [2.75, 3.05) is 0 Å². The molecule has 0 heterocycles. The van der Waals surface area contributed by atoms with Crippen molar-refractivity contribution in [3.8, 4) is 0 Å². The molecule has 0 aromatic heterocycles. The highest BCUT2D eigenvalue weighted by atomic mass is 16.4. The lowest BCUT2D eigenvalue weighted by atomic mass is 9.81. The second-order valence-electron chi connectivity index (χ2n) is 4.79. The van der Waals surface area contributed by atoms with E-state index in [-0.39, 0.29) is 11.3 Å². The third-order valence-corrected chi connectivity index (χ3v) is 3.72. The van der Waals surface area contributed by atoms with Gasteiger partial charge in [-0.25, -0.2) is 0 Å². The standard InChI is InChI=1S/C10H18O2/c1-6-7(2)10(3,4)5-8(6)9(11)12/h6-8H,5H2,1-4H3,(H,11,12). The van der Waals surface area contributed by atoms with Crippen LogP contribution >= 0.6 is 0 Å². The van der Waals surface area contributed by atoms with Gasteiger partial charge in [-0.15, -0.1) is 0 Å². The van der Waals surface area contributed by atoms with E-state index in [4.69, 9.17) is 5.11 Å². The number of carboxylic acid groups (broad SMARTS) is 1. The molecule has 0 radical (unpaired) electrons. The Bertz CT molecular complexity index is 196. The van der Waals surface area contributed by atoms with Crippen LogP contribution in [0.5, 0.6) is 0 Å². The van der Waals surface area contributed by atoms with Crippen LogP contribution in [0, 0.1) is 23.2 Å². The Balaban J connectivity index is 2.81. The average molecular weight is 170 g/mol. The molecule has 70 valence electrons. The molecule has 1 rings (SSSR count). The van der Waals surface area contributed by atoms with E-state index in [0.29, 0.717) is 11.8 Å². The van der Waals surface area contributed by atoms with Gasteiger partial charge in [-0.1, -0.05) is 27.7 Å². The Hall–Kier alpha value is -0.530. The summed E-state index contributed by atoms with van der Waals surface area (Å²) >= 11 is 0. The van der Waals surface area contributed by atoms with Crippen LogP contribution in [-0.2, 0) is 4.79 Å². The normalized spacial score (nSPS) is 39.8. The van der Waals surface area contributed by atoms with E-state index in [1.54, 1.807) is 0 Å². The summed E-state index contributed by atoms with van der Waals surface area (Å²) in [6.45, 7) is 8.54. The number of hydrogen-bond acceptors (Lipinski definition) is 1. The third-order valence-electron chi connectivity index (χ3n) is 3.72. The second-order valence-corrected chi connectivity index (χ2v) is 4.79. The highest BCUT2D eigenvalue weighted by molar-refractivity contribution is 5.71. The molecular formula is C10H18O2. The Labute approximate surface area is 74.0 Å². The van der Waals surface area contributed by atoms with E-state index in [1.165, 1.54) is 0 Å². The zero-order valence-corrected chi connectivity index (χ0v) is 8.29. The average Bonchev–Trinajstić information content (AvgIpc) is 2.14. The van der Waals surface area contributed by atoms with Crippen LogP contribution in [0.25, 0.3) is 0 Å². The van der Waals surface area contributed by atoms with Gasteiger partial charge in [0.25, 0.3) is 0 Å². The van der Waals surface area contributed by atoms with Crippen LogP contribution in [-0.4, -0.2) is 11.1 Å². The molecule has 1 N–H and O–H groups in total. The van der Waals surface area contributed by atoms with Crippen LogP contribution in [0.4, 0.5) is 0 Å². The van der Waals surface area contributed by atoms with Gasteiger partial charge >= 0.3 is 5.97 Å². The van der Waals surface area contributed by atoms with Gasteiger partial charge in [-0.2, -0.15) is 0 Å². The summed E-state index contributed by atoms with van der Waals surface area (Å²) in [5.74, 6) is 0.0750. The van der Waals surface area contributed by atoms with Gasteiger partial charge in [0.15, 0.2) is 0 Å². The van der Waals surface area contributed by atoms with Crippen LogP contribution in [0.2, 0.25) is 0 Å². The van der Waals surface area contributed by atoms with Gasteiger partial charge in [-0.05, 0) is 23.7 Å². The van der Waals surface area contributed by atoms with Crippen LogP contribution in [0.15, 0.2) is 0 Å². The summed E-state index contributed by atoms with van der Waals surface area (Å²) in [5, 5.41) is 8.93. The Kier molecular flexibility index (Phi) is 2.19. The van der Waals surface area contributed by atoms with E-state index < -0.39 is 5.97 Å². The van der Waals surface area contributed by atoms with Crippen LogP contribution in [0.3, 0.4) is 0 Å². The van der Waals surface area contributed by atoms with Gasteiger partial charge in [0.1, 0.15) is 0 Å².